The number of fused-ring (bicyclic) bond motifs is 1. The van der Waals surface area contributed by atoms with Crippen LogP contribution in [-0.2, 0) is 17.7 Å². The number of nitrogens with one attached hydrogen (secondary N) is 1. The number of hydrogen-bond donors (Lipinski definition) is 1. The highest BCUT2D eigenvalue weighted by Crippen LogP contribution is 2.28. The van der Waals surface area contributed by atoms with Crippen LogP contribution in [-0.4, -0.2) is 41.0 Å². The third-order valence-electron chi connectivity index (χ3n) is 3.70. The van der Waals surface area contributed by atoms with E-state index in [4.69, 9.17) is 4.74 Å². The van der Waals surface area contributed by atoms with Gasteiger partial charge in [0.1, 0.15) is 15.5 Å². The Balaban J connectivity index is 2.56. The van der Waals surface area contributed by atoms with Crippen molar-refractivity contribution >= 4 is 27.5 Å². The summed E-state index contributed by atoms with van der Waals surface area (Å²) in [5.41, 5.74) is 0.533. The van der Waals surface area contributed by atoms with Gasteiger partial charge in [-0.05, 0) is 25.1 Å². The molecular weight excluding hydrogens is 302 g/mol. The summed E-state index contributed by atoms with van der Waals surface area (Å²) < 4.78 is 4.80. The fourth-order valence-electron chi connectivity index (χ4n) is 2.44. The third-order valence-corrected chi connectivity index (χ3v) is 4.81. The topological polar surface area (TPSA) is 75.3 Å². The van der Waals surface area contributed by atoms with Gasteiger partial charge in [-0.15, -0.1) is 11.3 Å². The molecule has 0 unspecified atom stereocenters. The van der Waals surface area contributed by atoms with Crippen molar-refractivity contribution in [2.75, 3.05) is 20.2 Å². The molecule has 0 spiro atoms. The Kier molecular flexibility index (Phi) is 5.31. The molecule has 0 aromatic carbocycles. The van der Waals surface area contributed by atoms with E-state index in [2.05, 4.69) is 28.7 Å². The first kappa shape index (κ1) is 16.6. The minimum atomic E-state index is -0.412. The molecule has 0 aliphatic rings. The van der Waals surface area contributed by atoms with Crippen LogP contribution in [0.4, 0.5) is 0 Å². The number of thiophene rings is 1. The van der Waals surface area contributed by atoms with Crippen LogP contribution in [0, 0.1) is 0 Å². The zero-order valence-electron chi connectivity index (χ0n) is 13.4. The van der Waals surface area contributed by atoms with E-state index in [1.807, 2.05) is 6.92 Å². The van der Waals surface area contributed by atoms with Crippen LogP contribution < -0.4 is 5.56 Å². The molecule has 0 aliphatic heterocycles. The number of methoxy groups -OCH3 is 1. The second-order valence-electron chi connectivity index (χ2n) is 4.91. The number of ether oxygens (including phenoxy) is 1. The lowest BCUT2D eigenvalue weighted by molar-refractivity contribution is 0.0605. The molecule has 0 atom stereocenters. The van der Waals surface area contributed by atoms with Crippen molar-refractivity contribution in [2.24, 2.45) is 0 Å². The lowest BCUT2D eigenvalue weighted by Gasteiger charge is -2.16. The van der Waals surface area contributed by atoms with Crippen molar-refractivity contribution in [1.29, 1.82) is 0 Å². The van der Waals surface area contributed by atoms with Crippen LogP contribution in [0.25, 0.3) is 10.2 Å². The molecule has 0 amide bonds. The van der Waals surface area contributed by atoms with Gasteiger partial charge >= 0.3 is 5.97 Å². The Morgan fingerprint density at radius 1 is 1.32 bits per heavy atom. The predicted octanol–water partition coefficient (Wildman–Crippen LogP) is 2.18. The summed E-state index contributed by atoms with van der Waals surface area (Å²) in [5, 5.41) is 0.510. The van der Waals surface area contributed by atoms with Crippen molar-refractivity contribution in [3.05, 3.63) is 26.6 Å². The maximum Gasteiger partial charge on any atom is 0.348 e. The summed E-state index contributed by atoms with van der Waals surface area (Å²) in [4.78, 5) is 34.9. The molecule has 0 aliphatic carbocycles. The summed E-state index contributed by atoms with van der Waals surface area (Å²) in [7, 11) is 1.34. The van der Waals surface area contributed by atoms with Gasteiger partial charge in [0.2, 0.25) is 0 Å². The zero-order valence-corrected chi connectivity index (χ0v) is 14.2. The number of esters is 1. The van der Waals surface area contributed by atoms with Crippen LogP contribution in [0.15, 0.2) is 4.79 Å². The molecule has 0 bridgehead atoms. The van der Waals surface area contributed by atoms with Crippen LogP contribution in [0.1, 0.15) is 41.8 Å². The van der Waals surface area contributed by atoms with Crippen molar-refractivity contribution in [3.63, 3.8) is 0 Å². The molecule has 1 N–H and O–H groups in total. The molecule has 2 aromatic rings. The quantitative estimate of drug-likeness (QED) is 0.825. The van der Waals surface area contributed by atoms with Gasteiger partial charge < -0.3 is 9.72 Å². The number of rotatable bonds is 6. The van der Waals surface area contributed by atoms with E-state index < -0.39 is 5.97 Å². The molecule has 120 valence electrons. The summed E-state index contributed by atoms with van der Waals surface area (Å²) >= 11 is 1.23. The van der Waals surface area contributed by atoms with E-state index in [0.29, 0.717) is 33.9 Å². The number of hydrogen-bond acceptors (Lipinski definition) is 6. The number of nitrogens with zero attached hydrogens (tertiary/aromatic N) is 2. The Morgan fingerprint density at radius 3 is 2.55 bits per heavy atom. The molecule has 0 radical (unpaired) electrons. The highest BCUT2D eigenvalue weighted by molar-refractivity contribution is 7.20. The van der Waals surface area contributed by atoms with Crippen molar-refractivity contribution in [1.82, 2.24) is 14.9 Å². The summed E-state index contributed by atoms with van der Waals surface area (Å²) in [6.45, 7) is 8.40. The number of aromatic amines is 1. The molecule has 0 saturated carbocycles. The van der Waals surface area contributed by atoms with Gasteiger partial charge in [-0.3, -0.25) is 9.69 Å². The monoisotopic (exact) mass is 323 g/mol. The van der Waals surface area contributed by atoms with Crippen LogP contribution in [0.5, 0.6) is 0 Å². The summed E-state index contributed by atoms with van der Waals surface area (Å²) in [5.74, 6) is 0.214. The average molecular weight is 323 g/mol. The standard InChI is InChI=1S/C15H21N3O3S/c1-5-9-11-13(19)16-10(8-18(6-2)7-3)17-14(11)22-12(9)15(20)21-4/h5-8H2,1-4H3,(H,16,17,19). The molecule has 6 nitrogen and oxygen atoms in total. The first-order valence-electron chi connectivity index (χ1n) is 7.40. The second kappa shape index (κ2) is 7.02. The van der Waals surface area contributed by atoms with Crippen LogP contribution in [0.2, 0.25) is 0 Å². The van der Waals surface area contributed by atoms with Crippen LogP contribution >= 0.6 is 11.3 Å². The fourth-order valence-corrected chi connectivity index (χ4v) is 3.64. The largest absolute Gasteiger partial charge is 0.465 e. The van der Waals surface area contributed by atoms with Gasteiger partial charge in [0, 0.05) is 0 Å². The summed E-state index contributed by atoms with van der Waals surface area (Å²) in [6.07, 6.45) is 0.588. The SMILES string of the molecule is CCc1c(C(=O)OC)sc2nc(CN(CC)CC)[nH]c(=O)c12. The molecule has 22 heavy (non-hydrogen) atoms. The van der Waals surface area contributed by atoms with E-state index in [9.17, 15) is 9.59 Å². The van der Waals surface area contributed by atoms with E-state index in [0.717, 1.165) is 18.7 Å². The Labute approximate surface area is 133 Å². The van der Waals surface area contributed by atoms with Gasteiger partial charge in [-0.2, -0.15) is 0 Å². The number of H-pyrrole nitrogens is 1. The lowest BCUT2D eigenvalue weighted by Crippen LogP contribution is -2.25. The van der Waals surface area contributed by atoms with E-state index in [1.165, 1.54) is 18.4 Å². The first-order valence-corrected chi connectivity index (χ1v) is 8.22. The molecule has 0 saturated heterocycles. The van der Waals surface area contributed by atoms with Crippen LogP contribution in [0.3, 0.4) is 0 Å². The highest BCUT2D eigenvalue weighted by Gasteiger charge is 2.21. The van der Waals surface area contributed by atoms with Crippen molar-refractivity contribution in [2.45, 2.75) is 33.7 Å². The third kappa shape index (κ3) is 3.05. The number of aryl methyl sites for hydroxylation is 1. The maximum absolute atomic E-state index is 12.4. The smallest absolute Gasteiger partial charge is 0.348 e. The Bertz CT molecular complexity index is 731. The maximum atomic E-state index is 12.4. The molecular formula is C15H21N3O3S. The van der Waals surface area contributed by atoms with Crippen molar-refractivity contribution in [3.8, 4) is 0 Å². The number of carbonyl (C=O) groups excluding carboxylic acids is 1. The first-order chi connectivity index (χ1) is 10.5. The Morgan fingerprint density at radius 2 is 2.00 bits per heavy atom. The van der Waals surface area contributed by atoms with Gasteiger partial charge in [-0.25, -0.2) is 9.78 Å². The van der Waals surface area contributed by atoms with Crippen molar-refractivity contribution < 1.29 is 9.53 Å². The minimum absolute atomic E-state index is 0.185. The number of carbonyl (C=O) groups is 1. The molecule has 2 aromatic heterocycles. The van der Waals surface area contributed by atoms with E-state index >= 15 is 0 Å². The summed E-state index contributed by atoms with van der Waals surface area (Å²) in [6, 6.07) is 0. The minimum Gasteiger partial charge on any atom is -0.465 e. The van der Waals surface area contributed by atoms with Gasteiger partial charge in [0.15, 0.2) is 0 Å². The molecule has 7 heteroatoms. The second-order valence-corrected chi connectivity index (χ2v) is 5.91. The number of aromatic nitrogens is 2. The molecule has 2 heterocycles. The molecule has 0 fully saturated rings. The normalized spacial score (nSPS) is 11.3. The van der Waals surface area contributed by atoms with E-state index in [1.54, 1.807) is 0 Å². The zero-order chi connectivity index (χ0) is 16.3. The lowest BCUT2D eigenvalue weighted by atomic mass is 10.1. The van der Waals surface area contributed by atoms with E-state index in [-0.39, 0.29) is 5.56 Å². The van der Waals surface area contributed by atoms with Gasteiger partial charge in [0.25, 0.3) is 5.56 Å². The van der Waals surface area contributed by atoms with Gasteiger partial charge in [-0.1, -0.05) is 20.8 Å². The molecule has 2 rings (SSSR count). The Hall–Kier alpha value is -1.73. The van der Waals surface area contributed by atoms with Gasteiger partial charge in [0.05, 0.1) is 19.0 Å². The predicted molar refractivity (Wildman–Crippen MR) is 87.6 cm³/mol. The average Bonchev–Trinajstić information content (AvgIpc) is 2.90. The fraction of sp³-hybridized carbons (Fsp3) is 0.533. The highest BCUT2D eigenvalue weighted by atomic mass is 32.1.